The molecule has 0 radical (unpaired) electrons. The summed E-state index contributed by atoms with van der Waals surface area (Å²) in [6.45, 7) is 0.588. The molecule has 0 spiro atoms. The molecule has 0 bridgehead atoms. The summed E-state index contributed by atoms with van der Waals surface area (Å²) in [5.41, 5.74) is 5.97. The predicted molar refractivity (Wildman–Crippen MR) is 84.9 cm³/mol. The molecular formula is C16H15BrN2O2. The van der Waals surface area contributed by atoms with Crippen molar-refractivity contribution in [1.82, 2.24) is 4.90 Å². The number of carbonyl (C=O) groups is 2. The lowest BCUT2D eigenvalue weighted by atomic mass is 10.1. The van der Waals surface area contributed by atoms with Crippen molar-refractivity contribution in [2.45, 2.75) is 18.9 Å². The van der Waals surface area contributed by atoms with Gasteiger partial charge in [0.15, 0.2) is 0 Å². The van der Waals surface area contributed by atoms with Crippen LogP contribution in [0.1, 0.15) is 23.2 Å². The molecule has 1 heterocycles. The Labute approximate surface area is 131 Å². The molecule has 5 heteroatoms. The van der Waals surface area contributed by atoms with Gasteiger partial charge in [-0.3, -0.25) is 9.59 Å². The van der Waals surface area contributed by atoms with Crippen LogP contribution in [0.25, 0.3) is 10.8 Å². The van der Waals surface area contributed by atoms with Gasteiger partial charge in [-0.05, 0) is 47.9 Å². The van der Waals surface area contributed by atoms with Crippen LogP contribution in [0.4, 0.5) is 0 Å². The number of nitrogens with zero attached hydrogens (tertiary/aromatic N) is 1. The number of rotatable bonds is 2. The van der Waals surface area contributed by atoms with Crippen LogP contribution in [-0.2, 0) is 4.79 Å². The van der Waals surface area contributed by atoms with E-state index < -0.39 is 11.9 Å². The summed E-state index contributed by atoms with van der Waals surface area (Å²) in [6.07, 6.45) is 1.47. The predicted octanol–water partition coefficient (Wildman–Crippen LogP) is 2.69. The van der Waals surface area contributed by atoms with Crippen molar-refractivity contribution in [3.8, 4) is 0 Å². The van der Waals surface area contributed by atoms with Gasteiger partial charge < -0.3 is 10.6 Å². The maximum atomic E-state index is 12.6. The van der Waals surface area contributed by atoms with E-state index in [4.69, 9.17) is 5.73 Å². The summed E-state index contributed by atoms with van der Waals surface area (Å²) < 4.78 is 1.00. The van der Waals surface area contributed by atoms with Crippen LogP contribution in [0.2, 0.25) is 0 Å². The van der Waals surface area contributed by atoms with E-state index in [-0.39, 0.29) is 5.91 Å². The van der Waals surface area contributed by atoms with Crippen molar-refractivity contribution < 1.29 is 9.59 Å². The molecule has 2 aromatic carbocycles. The standard InChI is InChI=1S/C16H15BrN2O2/c17-13-6-5-10-8-12(4-3-11(10)9-13)16(21)19-7-1-2-14(19)15(18)20/h3-6,8-9,14H,1-2,7H2,(H2,18,20). The first-order valence-corrected chi connectivity index (χ1v) is 7.65. The van der Waals surface area contributed by atoms with Crippen LogP contribution >= 0.6 is 15.9 Å². The number of benzene rings is 2. The highest BCUT2D eigenvalue weighted by Crippen LogP contribution is 2.24. The smallest absolute Gasteiger partial charge is 0.254 e. The van der Waals surface area contributed by atoms with E-state index in [9.17, 15) is 9.59 Å². The minimum atomic E-state index is -0.474. The van der Waals surface area contributed by atoms with Gasteiger partial charge in [0, 0.05) is 16.6 Å². The third kappa shape index (κ3) is 2.65. The number of carbonyl (C=O) groups excluding carboxylic acids is 2. The molecule has 1 aliphatic rings. The molecule has 2 amide bonds. The molecule has 2 aromatic rings. The van der Waals surface area contributed by atoms with Crippen LogP contribution in [-0.4, -0.2) is 29.3 Å². The number of hydrogen-bond donors (Lipinski definition) is 1. The Balaban J connectivity index is 1.94. The average molecular weight is 347 g/mol. The van der Waals surface area contributed by atoms with Crippen LogP contribution in [0, 0.1) is 0 Å². The van der Waals surface area contributed by atoms with Crippen LogP contribution in [0.5, 0.6) is 0 Å². The first kappa shape index (κ1) is 14.1. The largest absolute Gasteiger partial charge is 0.368 e. The summed E-state index contributed by atoms with van der Waals surface area (Å²) in [7, 11) is 0. The monoisotopic (exact) mass is 346 g/mol. The Hall–Kier alpha value is -1.88. The number of primary amides is 1. The fraction of sp³-hybridized carbons (Fsp3) is 0.250. The van der Waals surface area contributed by atoms with Crippen LogP contribution < -0.4 is 5.73 Å². The van der Waals surface area contributed by atoms with Crippen molar-refractivity contribution in [3.63, 3.8) is 0 Å². The lowest BCUT2D eigenvalue weighted by molar-refractivity contribution is -0.121. The zero-order valence-corrected chi connectivity index (χ0v) is 13.0. The first-order chi connectivity index (χ1) is 10.1. The molecule has 1 aliphatic heterocycles. The number of hydrogen-bond acceptors (Lipinski definition) is 2. The molecule has 0 saturated carbocycles. The zero-order valence-electron chi connectivity index (χ0n) is 11.4. The second-order valence-corrected chi connectivity index (χ2v) is 6.18. The SMILES string of the molecule is NC(=O)C1CCCN1C(=O)c1ccc2cc(Br)ccc2c1. The van der Waals surface area contributed by atoms with Crippen molar-refractivity contribution in [3.05, 3.63) is 46.4 Å². The minimum absolute atomic E-state index is 0.124. The molecule has 4 nitrogen and oxygen atoms in total. The van der Waals surface area contributed by atoms with Gasteiger partial charge in [0.05, 0.1) is 0 Å². The number of fused-ring (bicyclic) bond motifs is 1. The third-order valence-electron chi connectivity index (χ3n) is 3.89. The Kier molecular flexibility index (Phi) is 3.68. The van der Waals surface area contributed by atoms with E-state index >= 15 is 0 Å². The normalized spacial score (nSPS) is 18.1. The number of halogens is 1. The van der Waals surface area contributed by atoms with E-state index in [0.717, 1.165) is 21.7 Å². The summed E-state index contributed by atoms with van der Waals surface area (Å²) in [5.74, 6) is -0.549. The molecular weight excluding hydrogens is 332 g/mol. The number of likely N-dealkylation sites (tertiary alicyclic amines) is 1. The van der Waals surface area contributed by atoms with Gasteiger partial charge in [-0.2, -0.15) is 0 Å². The fourth-order valence-corrected chi connectivity index (χ4v) is 3.20. The summed E-state index contributed by atoms with van der Waals surface area (Å²) in [6, 6.07) is 11.0. The molecule has 0 aliphatic carbocycles. The van der Waals surface area contributed by atoms with Crippen molar-refractivity contribution in [2.24, 2.45) is 5.73 Å². The second kappa shape index (κ2) is 5.48. The lowest BCUT2D eigenvalue weighted by Crippen LogP contribution is -2.43. The van der Waals surface area contributed by atoms with E-state index in [1.54, 1.807) is 11.0 Å². The molecule has 1 fully saturated rings. The Morgan fingerprint density at radius 1 is 1.14 bits per heavy atom. The molecule has 1 saturated heterocycles. The van der Waals surface area contributed by atoms with E-state index in [1.165, 1.54) is 0 Å². The topological polar surface area (TPSA) is 63.4 Å². The Morgan fingerprint density at radius 2 is 1.86 bits per heavy atom. The van der Waals surface area contributed by atoms with Crippen molar-refractivity contribution in [1.29, 1.82) is 0 Å². The Bertz CT molecular complexity index is 729. The minimum Gasteiger partial charge on any atom is -0.368 e. The summed E-state index contributed by atoms with van der Waals surface area (Å²) in [4.78, 5) is 25.6. The van der Waals surface area contributed by atoms with Crippen LogP contribution in [0.3, 0.4) is 0 Å². The van der Waals surface area contributed by atoms with Gasteiger partial charge in [-0.25, -0.2) is 0 Å². The summed E-state index contributed by atoms with van der Waals surface area (Å²) >= 11 is 3.43. The average Bonchev–Trinajstić information content (AvgIpc) is 2.95. The molecule has 1 atom stereocenters. The van der Waals surface area contributed by atoms with Crippen molar-refractivity contribution >= 4 is 38.5 Å². The molecule has 2 N–H and O–H groups in total. The molecule has 108 valence electrons. The van der Waals surface area contributed by atoms with E-state index in [1.807, 2.05) is 30.3 Å². The lowest BCUT2D eigenvalue weighted by Gasteiger charge is -2.22. The highest BCUT2D eigenvalue weighted by Gasteiger charge is 2.33. The van der Waals surface area contributed by atoms with Gasteiger partial charge in [0.2, 0.25) is 5.91 Å². The van der Waals surface area contributed by atoms with Crippen LogP contribution in [0.15, 0.2) is 40.9 Å². The highest BCUT2D eigenvalue weighted by molar-refractivity contribution is 9.10. The molecule has 21 heavy (non-hydrogen) atoms. The van der Waals surface area contributed by atoms with E-state index in [2.05, 4.69) is 15.9 Å². The highest BCUT2D eigenvalue weighted by atomic mass is 79.9. The fourth-order valence-electron chi connectivity index (χ4n) is 2.82. The third-order valence-corrected chi connectivity index (χ3v) is 4.38. The number of amides is 2. The number of nitrogens with two attached hydrogens (primary N) is 1. The summed E-state index contributed by atoms with van der Waals surface area (Å²) in [5, 5.41) is 2.06. The van der Waals surface area contributed by atoms with Gasteiger partial charge in [-0.15, -0.1) is 0 Å². The molecule has 3 rings (SSSR count). The van der Waals surface area contributed by atoms with E-state index in [0.29, 0.717) is 18.5 Å². The Morgan fingerprint density at radius 3 is 2.62 bits per heavy atom. The maximum absolute atomic E-state index is 12.6. The van der Waals surface area contributed by atoms with Gasteiger partial charge in [-0.1, -0.05) is 28.1 Å². The quantitative estimate of drug-likeness (QED) is 0.908. The van der Waals surface area contributed by atoms with Gasteiger partial charge in [0.25, 0.3) is 5.91 Å². The van der Waals surface area contributed by atoms with Gasteiger partial charge in [0.1, 0.15) is 6.04 Å². The molecule has 0 aromatic heterocycles. The molecule has 1 unspecified atom stereocenters. The second-order valence-electron chi connectivity index (χ2n) is 5.27. The zero-order chi connectivity index (χ0) is 15.0. The van der Waals surface area contributed by atoms with Gasteiger partial charge >= 0.3 is 0 Å². The maximum Gasteiger partial charge on any atom is 0.254 e. The van der Waals surface area contributed by atoms with Crippen molar-refractivity contribution in [2.75, 3.05) is 6.54 Å². The first-order valence-electron chi connectivity index (χ1n) is 6.86.